The minimum Gasteiger partial charge on any atom is -0.335 e. The summed E-state index contributed by atoms with van der Waals surface area (Å²) >= 11 is 6.13. The Balaban J connectivity index is 1.55. The van der Waals surface area contributed by atoms with Crippen LogP contribution in [0.15, 0.2) is 30.3 Å². The normalized spacial score (nSPS) is 13.7. The molecule has 1 heterocycles. The van der Waals surface area contributed by atoms with Crippen LogP contribution >= 0.6 is 11.6 Å². The number of amides is 3. The Morgan fingerprint density at radius 1 is 1.19 bits per heavy atom. The zero-order valence-electron chi connectivity index (χ0n) is 14.5. The highest BCUT2D eigenvalue weighted by Gasteiger charge is 2.23. The van der Waals surface area contributed by atoms with Gasteiger partial charge in [0.15, 0.2) is 0 Å². The Hall–Kier alpha value is -2.80. The summed E-state index contributed by atoms with van der Waals surface area (Å²) in [5, 5.41) is 13.0. The Kier molecular flexibility index (Phi) is 5.27. The van der Waals surface area contributed by atoms with Gasteiger partial charge in [-0.1, -0.05) is 11.6 Å². The monoisotopic (exact) mass is 373 g/mol. The molecule has 1 aromatic heterocycles. The maximum Gasteiger partial charge on any atom is 0.319 e. The molecule has 0 aliphatic heterocycles. The molecule has 2 aromatic rings. The highest BCUT2D eigenvalue weighted by Crippen LogP contribution is 2.21. The third-order valence-electron chi connectivity index (χ3n) is 3.92. The number of halogens is 1. The van der Waals surface area contributed by atoms with Crippen LogP contribution in [0.1, 0.15) is 24.1 Å². The molecule has 1 aliphatic carbocycles. The molecule has 0 radical (unpaired) electrons. The van der Waals surface area contributed by atoms with Crippen LogP contribution in [-0.4, -0.2) is 27.8 Å². The van der Waals surface area contributed by atoms with Gasteiger partial charge in [0.2, 0.25) is 5.91 Å². The largest absolute Gasteiger partial charge is 0.335 e. The molecule has 136 valence electrons. The van der Waals surface area contributed by atoms with Crippen LogP contribution in [0.25, 0.3) is 6.08 Å². The molecule has 1 saturated carbocycles. The second-order valence-electron chi connectivity index (χ2n) is 6.19. The van der Waals surface area contributed by atoms with Gasteiger partial charge in [0.25, 0.3) is 0 Å². The van der Waals surface area contributed by atoms with E-state index in [0.717, 1.165) is 18.5 Å². The second-order valence-corrected chi connectivity index (χ2v) is 6.54. The lowest BCUT2D eigenvalue weighted by molar-refractivity contribution is -0.111. The standard InChI is InChI=1S/C18H20ClN5O2/c1-11-15(17(19)24(2)23-11)9-10-16(25)20-12-3-5-13(6-4-12)21-18(26)22-14-7-8-14/h3-6,9-10,14H,7-8H2,1-2H3,(H,20,25)(H2,21,22,26)/b10-9+. The van der Waals surface area contributed by atoms with E-state index in [1.54, 1.807) is 42.1 Å². The van der Waals surface area contributed by atoms with Crippen LogP contribution in [-0.2, 0) is 11.8 Å². The van der Waals surface area contributed by atoms with Crippen molar-refractivity contribution < 1.29 is 9.59 Å². The zero-order chi connectivity index (χ0) is 18.7. The number of rotatable bonds is 5. The molecule has 8 heteroatoms. The molecule has 26 heavy (non-hydrogen) atoms. The fraction of sp³-hybridized carbons (Fsp3) is 0.278. The second kappa shape index (κ2) is 7.61. The van der Waals surface area contributed by atoms with Crippen molar-refractivity contribution in [2.45, 2.75) is 25.8 Å². The van der Waals surface area contributed by atoms with E-state index in [9.17, 15) is 9.59 Å². The van der Waals surface area contributed by atoms with Crippen molar-refractivity contribution in [1.29, 1.82) is 0 Å². The first-order valence-electron chi connectivity index (χ1n) is 8.28. The van der Waals surface area contributed by atoms with Gasteiger partial charge in [0.05, 0.1) is 5.69 Å². The van der Waals surface area contributed by atoms with E-state index < -0.39 is 0 Å². The molecule has 1 aliphatic rings. The number of hydrogen-bond acceptors (Lipinski definition) is 3. The number of anilines is 2. The van der Waals surface area contributed by atoms with Crippen molar-refractivity contribution in [2.24, 2.45) is 7.05 Å². The number of aryl methyl sites for hydroxylation is 2. The first-order chi connectivity index (χ1) is 12.4. The van der Waals surface area contributed by atoms with Crippen molar-refractivity contribution >= 4 is 41.0 Å². The van der Waals surface area contributed by atoms with Gasteiger partial charge in [0, 0.05) is 36.1 Å². The maximum absolute atomic E-state index is 12.1. The highest BCUT2D eigenvalue weighted by atomic mass is 35.5. The average molecular weight is 374 g/mol. The van der Waals surface area contributed by atoms with Crippen LogP contribution in [0.3, 0.4) is 0 Å². The number of aromatic nitrogens is 2. The fourth-order valence-corrected chi connectivity index (χ4v) is 2.63. The predicted octanol–water partition coefficient (Wildman–Crippen LogP) is 3.32. The molecule has 3 amide bonds. The third-order valence-corrected chi connectivity index (χ3v) is 4.37. The smallest absolute Gasteiger partial charge is 0.319 e. The van der Waals surface area contributed by atoms with Crippen LogP contribution < -0.4 is 16.0 Å². The topological polar surface area (TPSA) is 88.1 Å². The molecule has 0 bridgehead atoms. The molecular formula is C18H20ClN5O2. The van der Waals surface area contributed by atoms with Gasteiger partial charge in [-0.25, -0.2) is 4.79 Å². The number of urea groups is 1. The summed E-state index contributed by atoms with van der Waals surface area (Å²) in [6.45, 7) is 1.83. The fourth-order valence-electron chi connectivity index (χ4n) is 2.40. The molecule has 0 unspecified atom stereocenters. The lowest BCUT2D eigenvalue weighted by Crippen LogP contribution is -2.30. The molecule has 3 N–H and O–H groups in total. The number of nitrogens with zero attached hydrogens (tertiary/aromatic N) is 2. The summed E-state index contributed by atoms with van der Waals surface area (Å²) in [6.07, 6.45) is 5.12. The number of benzene rings is 1. The molecule has 0 atom stereocenters. The lowest BCUT2D eigenvalue weighted by Gasteiger charge is -2.07. The van der Waals surface area contributed by atoms with Crippen molar-refractivity contribution in [2.75, 3.05) is 10.6 Å². The summed E-state index contributed by atoms with van der Waals surface area (Å²) in [5.41, 5.74) is 2.75. The lowest BCUT2D eigenvalue weighted by atomic mass is 10.2. The number of nitrogens with one attached hydrogen (secondary N) is 3. The van der Waals surface area contributed by atoms with Crippen LogP contribution in [0.5, 0.6) is 0 Å². The first kappa shape index (κ1) is 18.0. The van der Waals surface area contributed by atoms with E-state index >= 15 is 0 Å². The summed E-state index contributed by atoms with van der Waals surface area (Å²) in [7, 11) is 1.74. The summed E-state index contributed by atoms with van der Waals surface area (Å²) in [4.78, 5) is 23.7. The molecule has 0 spiro atoms. The van der Waals surface area contributed by atoms with Crippen LogP contribution in [0, 0.1) is 6.92 Å². The summed E-state index contributed by atoms with van der Waals surface area (Å²) in [6, 6.07) is 7.00. The van der Waals surface area contributed by atoms with Gasteiger partial charge in [-0.3, -0.25) is 9.48 Å². The van der Waals surface area contributed by atoms with Gasteiger partial charge in [-0.05, 0) is 50.1 Å². The van der Waals surface area contributed by atoms with Crippen molar-refractivity contribution in [1.82, 2.24) is 15.1 Å². The van der Waals surface area contributed by atoms with E-state index in [0.29, 0.717) is 28.1 Å². The predicted molar refractivity (Wildman–Crippen MR) is 102 cm³/mol. The average Bonchev–Trinajstić information content (AvgIpc) is 3.36. The van der Waals surface area contributed by atoms with E-state index in [4.69, 9.17) is 11.6 Å². The van der Waals surface area contributed by atoms with E-state index in [-0.39, 0.29) is 11.9 Å². The van der Waals surface area contributed by atoms with Gasteiger partial charge in [-0.2, -0.15) is 5.10 Å². The Bertz CT molecular complexity index is 853. The molecular weight excluding hydrogens is 354 g/mol. The van der Waals surface area contributed by atoms with Gasteiger partial charge >= 0.3 is 6.03 Å². The summed E-state index contributed by atoms with van der Waals surface area (Å²) < 4.78 is 1.56. The minimum absolute atomic E-state index is 0.212. The van der Waals surface area contributed by atoms with Gasteiger partial charge in [-0.15, -0.1) is 0 Å². The van der Waals surface area contributed by atoms with Crippen LogP contribution in [0.2, 0.25) is 5.15 Å². The minimum atomic E-state index is -0.281. The Labute approximate surface area is 156 Å². The molecule has 0 saturated heterocycles. The quantitative estimate of drug-likeness (QED) is 0.702. The number of carbonyl (C=O) groups is 2. The highest BCUT2D eigenvalue weighted by molar-refractivity contribution is 6.31. The van der Waals surface area contributed by atoms with Gasteiger partial charge in [0.1, 0.15) is 5.15 Å². The van der Waals surface area contributed by atoms with Crippen molar-refractivity contribution in [3.05, 3.63) is 46.8 Å². The van der Waals surface area contributed by atoms with E-state index in [1.165, 1.54) is 6.08 Å². The molecule has 3 rings (SSSR count). The van der Waals surface area contributed by atoms with Crippen molar-refractivity contribution in [3.8, 4) is 0 Å². The van der Waals surface area contributed by atoms with E-state index in [1.807, 2.05) is 6.92 Å². The van der Waals surface area contributed by atoms with Crippen molar-refractivity contribution in [3.63, 3.8) is 0 Å². The molecule has 7 nitrogen and oxygen atoms in total. The Morgan fingerprint density at radius 2 is 1.81 bits per heavy atom. The number of carbonyl (C=O) groups excluding carboxylic acids is 2. The molecule has 1 fully saturated rings. The Morgan fingerprint density at radius 3 is 2.35 bits per heavy atom. The SMILES string of the molecule is Cc1nn(C)c(Cl)c1/C=C/C(=O)Nc1ccc(NC(=O)NC2CC2)cc1. The zero-order valence-corrected chi connectivity index (χ0v) is 15.3. The summed E-state index contributed by atoms with van der Waals surface area (Å²) in [5.74, 6) is -0.281. The maximum atomic E-state index is 12.1. The third kappa shape index (κ3) is 4.64. The van der Waals surface area contributed by atoms with E-state index in [2.05, 4.69) is 21.0 Å². The number of hydrogen-bond donors (Lipinski definition) is 3. The molecule has 1 aromatic carbocycles. The van der Waals surface area contributed by atoms with Crippen LogP contribution in [0.4, 0.5) is 16.2 Å². The first-order valence-corrected chi connectivity index (χ1v) is 8.66. The van der Waals surface area contributed by atoms with Gasteiger partial charge < -0.3 is 16.0 Å².